The second-order valence-electron chi connectivity index (χ2n) is 7.61. The molecule has 0 atom stereocenters. The van der Waals surface area contributed by atoms with Crippen LogP contribution in [0.4, 0.5) is 0 Å². The number of allylic oxidation sites excluding steroid dienone is 1. The van der Waals surface area contributed by atoms with Crippen molar-refractivity contribution in [3.05, 3.63) is 101 Å². The van der Waals surface area contributed by atoms with Gasteiger partial charge in [-0.25, -0.2) is 0 Å². The van der Waals surface area contributed by atoms with E-state index in [1.54, 1.807) is 0 Å². The van der Waals surface area contributed by atoms with Crippen LogP contribution in [-0.4, -0.2) is 15.0 Å². The van der Waals surface area contributed by atoms with Gasteiger partial charge in [0.1, 0.15) is 0 Å². The molecule has 4 rings (SSSR count). The van der Waals surface area contributed by atoms with Gasteiger partial charge in [0.05, 0.1) is 0 Å². The van der Waals surface area contributed by atoms with Gasteiger partial charge in [0.25, 0.3) is 0 Å². The van der Waals surface area contributed by atoms with E-state index in [-0.39, 0.29) is 5.41 Å². The van der Waals surface area contributed by atoms with E-state index >= 15 is 0 Å². The fourth-order valence-corrected chi connectivity index (χ4v) is 5.30. The van der Waals surface area contributed by atoms with E-state index in [1.807, 2.05) is 12.1 Å². The number of hydrogen-bond acceptors (Lipinski definition) is 0. The van der Waals surface area contributed by atoms with Crippen molar-refractivity contribution in [3.63, 3.8) is 0 Å². The molecule has 1 heteroatoms. The first kappa shape index (κ1) is 17.3. The zero-order valence-corrected chi connectivity index (χ0v) is 17.3. The molecule has 1 aliphatic carbocycles. The summed E-state index contributed by atoms with van der Waals surface area (Å²) >= 11 is 0.303. The number of fused-ring (bicyclic) bond motifs is 1. The van der Waals surface area contributed by atoms with Crippen molar-refractivity contribution in [2.45, 2.75) is 32.6 Å². The minimum atomic E-state index is 0.177. The summed E-state index contributed by atoms with van der Waals surface area (Å²) < 4.78 is 2.74. The molecule has 0 saturated carbocycles. The van der Waals surface area contributed by atoms with Crippen LogP contribution in [0.3, 0.4) is 0 Å². The van der Waals surface area contributed by atoms with Crippen LogP contribution >= 0.6 is 0 Å². The Labute approximate surface area is 163 Å². The van der Waals surface area contributed by atoms with Gasteiger partial charge >= 0.3 is 163 Å². The second kappa shape index (κ2) is 6.91. The molecule has 0 amide bonds. The first-order valence-electron chi connectivity index (χ1n) is 9.10. The molecule has 0 bridgehead atoms. The fourth-order valence-electron chi connectivity index (χ4n) is 3.53. The molecule has 0 aromatic heterocycles. The maximum atomic E-state index is 3.37. The molecule has 0 saturated heterocycles. The maximum absolute atomic E-state index is 3.37. The standard InChI is InChI=1S/C25H23Se/c1-18-9-11-19(12-10-18)22-15-16-25(2,3)24-17-21(13-14-23(22)24)26-20-7-5-4-6-8-20/h4-7,9-15,17H,16H2,1-3H3. The predicted octanol–water partition coefficient (Wildman–Crippen LogP) is 4.56. The van der Waals surface area contributed by atoms with Gasteiger partial charge < -0.3 is 0 Å². The van der Waals surface area contributed by atoms with Gasteiger partial charge in [0.15, 0.2) is 0 Å². The van der Waals surface area contributed by atoms with E-state index in [2.05, 4.69) is 87.5 Å². The van der Waals surface area contributed by atoms with Crippen LogP contribution in [-0.2, 0) is 5.41 Å². The van der Waals surface area contributed by atoms with Crippen LogP contribution in [0.25, 0.3) is 5.57 Å². The van der Waals surface area contributed by atoms with Crippen molar-refractivity contribution < 1.29 is 0 Å². The van der Waals surface area contributed by atoms with Crippen LogP contribution in [0.15, 0.2) is 72.8 Å². The molecule has 1 radical (unpaired) electrons. The molecule has 0 nitrogen and oxygen atoms in total. The van der Waals surface area contributed by atoms with Gasteiger partial charge in [-0.05, 0) is 0 Å². The molecular formula is C25H23Se. The Morgan fingerprint density at radius 3 is 2.50 bits per heavy atom. The first-order chi connectivity index (χ1) is 12.5. The van der Waals surface area contributed by atoms with Crippen LogP contribution in [0.2, 0.25) is 0 Å². The van der Waals surface area contributed by atoms with E-state index < -0.39 is 0 Å². The summed E-state index contributed by atoms with van der Waals surface area (Å²) in [4.78, 5) is 0. The Hall–Kier alpha value is -2.08. The zero-order chi connectivity index (χ0) is 18.1. The second-order valence-corrected chi connectivity index (χ2v) is 9.95. The summed E-state index contributed by atoms with van der Waals surface area (Å²) in [6.07, 6.45) is 3.50. The molecular weight excluding hydrogens is 379 g/mol. The Bertz CT molecular complexity index is 947. The molecule has 129 valence electrons. The van der Waals surface area contributed by atoms with Crippen LogP contribution in [0, 0.1) is 13.0 Å². The van der Waals surface area contributed by atoms with Crippen LogP contribution < -0.4 is 8.92 Å². The molecule has 0 heterocycles. The molecule has 26 heavy (non-hydrogen) atoms. The third-order valence-electron chi connectivity index (χ3n) is 5.10. The van der Waals surface area contributed by atoms with Crippen molar-refractivity contribution >= 4 is 29.5 Å². The normalized spacial score (nSPS) is 15.3. The van der Waals surface area contributed by atoms with E-state index in [0.29, 0.717) is 15.0 Å². The first-order valence-corrected chi connectivity index (χ1v) is 10.8. The summed E-state index contributed by atoms with van der Waals surface area (Å²) in [6, 6.07) is 27.7. The predicted molar refractivity (Wildman–Crippen MR) is 113 cm³/mol. The zero-order valence-electron chi connectivity index (χ0n) is 15.5. The van der Waals surface area contributed by atoms with Gasteiger partial charge in [-0.2, -0.15) is 0 Å². The number of rotatable bonds is 3. The molecule has 0 fully saturated rings. The van der Waals surface area contributed by atoms with Gasteiger partial charge in [-0.3, -0.25) is 0 Å². The van der Waals surface area contributed by atoms with Gasteiger partial charge in [0.2, 0.25) is 0 Å². The van der Waals surface area contributed by atoms with Crippen LogP contribution in [0.1, 0.15) is 42.5 Å². The number of aryl methyl sites for hydroxylation is 1. The van der Waals surface area contributed by atoms with Crippen molar-refractivity contribution in [2.24, 2.45) is 0 Å². The summed E-state index contributed by atoms with van der Waals surface area (Å²) in [5.74, 6) is 0. The molecule has 3 aromatic carbocycles. The van der Waals surface area contributed by atoms with E-state index in [1.165, 1.54) is 36.8 Å². The van der Waals surface area contributed by atoms with Crippen molar-refractivity contribution in [2.75, 3.05) is 0 Å². The Kier molecular flexibility index (Phi) is 4.61. The van der Waals surface area contributed by atoms with Crippen molar-refractivity contribution in [1.82, 2.24) is 0 Å². The van der Waals surface area contributed by atoms with E-state index in [0.717, 1.165) is 6.42 Å². The average Bonchev–Trinajstić information content (AvgIpc) is 2.64. The molecule has 0 aliphatic heterocycles. The third kappa shape index (κ3) is 3.43. The van der Waals surface area contributed by atoms with Gasteiger partial charge in [-0.15, -0.1) is 0 Å². The topological polar surface area (TPSA) is 0 Å². The fraction of sp³-hybridized carbons (Fsp3) is 0.200. The van der Waals surface area contributed by atoms with Crippen molar-refractivity contribution in [1.29, 1.82) is 0 Å². The van der Waals surface area contributed by atoms with Crippen molar-refractivity contribution in [3.8, 4) is 0 Å². The Morgan fingerprint density at radius 1 is 0.962 bits per heavy atom. The molecule has 3 aromatic rings. The minimum absolute atomic E-state index is 0.177. The van der Waals surface area contributed by atoms with Crippen LogP contribution in [0.5, 0.6) is 0 Å². The Balaban J connectivity index is 1.74. The van der Waals surface area contributed by atoms with Gasteiger partial charge in [0, 0.05) is 0 Å². The molecule has 1 aliphatic rings. The Morgan fingerprint density at radius 2 is 1.77 bits per heavy atom. The molecule has 0 spiro atoms. The quantitative estimate of drug-likeness (QED) is 0.564. The monoisotopic (exact) mass is 403 g/mol. The summed E-state index contributed by atoms with van der Waals surface area (Å²) in [5, 5.41) is 0. The summed E-state index contributed by atoms with van der Waals surface area (Å²) in [5.41, 5.74) is 7.05. The number of hydrogen-bond donors (Lipinski definition) is 0. The molecule has 0 N–H and O–H groups in total. The SMILES string of the molecule is Cc1ccc(C2=CCC(C)(C)c3cc([Se]c4[c]cccc4)ccc32)cc1. The van der Waals surface area contributed by atoms with E-state index in [4.69, 9.17) is 0 Å². The summed E-state index contributed by atoms with van der Waals surface area (Å²) in [6.45, 7) is 6.87. The third-order valence-corrected chi connectivity index (χ3v) is 7.12. The average molecular weight is 402 g/mol. The number of benzene rings is 3. The summed E-state index contributed by atoms with van der Waals surface area (Å²) in [7, 11) is 0. The van der Waals surface area contributed by atoms with Gasteiger partial charge in [-0.1, -0.05) is 0 Å². The molecule has 0 unspecified atom stereocenters. The van der Waals surface area contributed by atoms with E-state index in [9.17, 15) is 0 Å².